The highest BCUT2D eigenvalue weighted by Crippen LogP contribution is 2.44. The maximum absolute atomic E-state index is 14.6. The minimum absolute atomic E-state index is 0.0749. The monoisotopic (exact) mass is 951 g/mol. The summed E-state index contributed by atoms with van der Waals surface area (Å²) in [5.41, 5.74) is 11.6. The Kier molecular flexibility index (Phi) is 17.0. The second-order valence-corrected chi connectivity index (χ2v) is 19.8. The minimum atomic E-state index is -0.623. The van der Waals surface area contributed by atoms with Crippen LogP contribution in [0, 0.1) is 13.8 Å². The van der Waals surface area contributed by atoms with Gasteiger partial charge in [0.25, 0.3) is 5.91 Å². The molecule has 2 saturated heterocycles. The Morgan fingerprint density at radius 3 is 2.28 bits per heavy atom. The molecular formula is C52H70N8O7S. The molecule has 68 heavy (non-hydrogen) atoms. The molecule has 0 aromatic carbocycles. The fourth-order valence-electron chi connectivity index (χ4n) is 10.3. The highest BCUT2D eigenvalue weighted by Gasteiger charge is 2.42. The van der Waals surface area contributed by atoms with E-state index in [-0.39, 0.29) is 48.5 Å². The molecule has 7 rings (SSSR count). The van der Waals surface area contributed by atoms with Gasteiger partial charge in [0.15, 0.2) is 6.35 Å². The van der Waals surface area contributed by atoms with Crippen molar-refractivity contribution >= 4 is 74.8 Å². The van der Waals surface area contributed by atoms with Crippen molar-refractivity contribution in [2.24, 2.45) is 0 Å². The number of hydrogen-bond acceptors (Lipinski definition) is 12. The Hall–Kier alpha value is -5.29. The van der Waals surface area contributed by atoms with E-state index in [9.17, 15) is 24.3 Å². The van der Waals surface area contributed by atoms with E-state index in [4.69, 9.17) is 19.4 Å². The number of carbonyl (C=O) groups is 4. The molecule has 4 aliphatic heterocycles. The zero-order valence-electron chi connectivity index (χ0n) is 40.8. The van der Waals surface area contributed by atoms with E-state index in [2.05, 4.69) is 71.6 Å². The van der Waals surface area contributed by atoms with Crippen LogP contribution in [0.15, 0.2) is 24.8 Å². The number of aromatic nitrogens is 4. The molecule has 8 bridgehead atoms. The molecule has 6 atom stereocenters. The average molecular weight is 951 g/mol. The fourth-order valence-corrected chi connectivity index (χ4v) is 11.9. The van der Waals surface area contributed by atoms with Gasteiger partial charge in [-0.3, -0.25) is 34.8 Å². The highest BCUT2D eigenvalue weighted by molar-refractivity contribution is 8.00. The Morgan fingerprint density at radius 2 is 1.56 bits per heavy atom. The summed E-state index contributed by atoms with van der Waals surface area (Å²) in [6.07, 6.45) is 9.03. The van der Waals surface area contributed by atoms with Gasteiger partial charge in [-0.25, -0.2) is 4.98 Å². The number of thioether (sulfide) groups is 1. The number of hydrogen-bond donors (Lipinski definition) is 7. The third-order valence-electron chi connectivity index (χ3n) is 14.3. The number of methoxy groups -OCH3 is 2. The number of aliphatic hydroxyl groups excluding tert-OH is 1. The van der Waals surface area contributed by atoms with Gasteiger partial charge in [0.1, 0.15) is 0 Å². The molecule has 2 amide bonds. The number of nitrogens with one attached hydrogen (secondary N) is 6. The number of nitrogens with zero attached hydrogens (tertiary/aromatic N) is 2. The number of rotatable bonds is 20. The van der Waals surface area contributed by atoms with E-state index in [1.165, 1.54) is 14.2 Å². The van der Waals surface area contributed by atoms with Crippen LogP contribution in [0.3, 0.4) is 0 Å². The molecular weight excluding hydrogens is 881 g/mol. The van der Waals surface area contributed by atoms with Crippen molar-refractivity contribution in [2.45, 2.75) is 147 Å². The SMILES string of the molecule is C=Cc1c(C)c2cc3nc(c(CC(=O)OC)c4nc(cc5[nH]c(cc1[nH]2)c(C)c5CC)C(C)=C4C(=O)NCCCCCCNC(=O)CCCC[C@@H]1SCC2NC(O)NC21)[C@@H](CCC(=O)OC)[C@@H]3C. The number of aromatic amines is 2. The summed E-state index contributed by atoms with van der Waals surface area (Å²) in [5.74, 6) is -0.573. The zero-order chi connectivity index (χ0) is 48.6. The maximum atomic E-state index is 14.6. The van der Waals surface area contributed by atoms with Gasteiger partial charge in [0.05, 0.1) is 43.3 Å². The zero-order valence-corrected chi connectivity index (χ0v) is 41.6. The Bertz CT molecular complexity index is 2600. The van der Waals surface area contributed by atoms with Gasteiger partial charge < -0.3 is 35.2 Å². The molecule has 0 spiro atoms. The van der Waals surface area contributed by atoms with Crippen molar-refractivity contribution in [3.63, 3.8) is 0 Å². The summed E-state index contributed by atoms with van der Waals surface area (Å²) in [6, 6.07) is 6.73. The molecule has 366 valence electrons. The first-order chi connectivity index (χ1) is 32.8. The third kappa shape index (κ3) is 11.2. The molecule has 3 aromatic heterocycles. The molecule has 0 saturated carbocycles. The van der Waals surface area contributed by atoms with Crippen molar-refractivity contribution in [2.75, 3.05) is 33.1 Å². The number of esters is 2. The largest absolute Gasteiger partial charge is 0.469 e. The number of ether oxygens (including phenoxy) is 2. The average Bonchev–Trinajstić information content (AvgIpc) is 4.15. The summed E-state index contributed by atoms with van der Waals surface area (Å²) < 4.78 is 10.3. The molecule has 7 heterocycles. The van der Waals surface area contributed by atoms with Crippen LogP contribution in [0.4, 0.5) is 0 Å². The number of H-pyrrole nitrogens is 2. The van der Waals surface area contributed by atoms with Gasteiger partial charge >= 0.3 is 11.9 Å². The fraction of sp³-hybridized carbons (Fsp3) is 0.538. The second-order valence-electron chi connectivity index (χ2n) is 18.6. The summed E-state index contributed by atoms with van der Waals surface area (Å²) in [5, 5.41) is 22.9. The van der Waals surface area contributed by atoms with Gasteiger partial charge in [-0.1, -0.05) is 45.8 Å². The van der Waals surface area contributed by atoms with Crippen LogP contribution in [-0.4, -0.2) is 106 Å². The first-order valence-electron chi connectivity index (χ1n) is 24.4. The predicted molar refractivity (Wildman–Crippen MR) is 270 cm³/mol. The van der Waals surface area contributed by atoms with Crippen LogP contribution < -0.4 is 21.3 Å². The minimum Gasteiger partial charge on any atom is -0.469 e. The quantitative estimate of drug-likeness (QED) is 0.0440. The first-order valence-corrected chi connectivity index (χ1v) is 25.4. The number of carbonyl (C=O) groups excluding carboxylic acids is 4. The molecule has 16 heteroatoms. The molecule has 2 fully saturated rings. The molecule has 3 unspecified atom stereocenters. The van der Waals surface area contributed by atoms with Crippen molar-refractivity contribution in [3.8, 4) is 0 Å². The smallest absolute Gasteiger partial charge is 0.310 e. The van der Waals surface area contributed by atoms with Crippen molar-refractivity contribution in [1.82, 2.24) is 41.2 Å². The lowest BCUT2D eigenvalue weighted by molar-refractivity contribution is -0.141. The van der Waals surface area contributed by atoms with Gasteiger partial charge in [-0.15, -0.1) is 0 Å². The van der Waals surface area contributed by atoms with E-state index in [0.717, 1.165) is 107 Å². The number of aliphatic hydroxyl groups is 1. The molecule has 0 aliphatic carbocycles. The summed E-state index contributed by atoms with van der Waals surface area (Å²) in [6.45, 7) is 15.4. The van der Waals surface area contributed by atoms with Crippen LogP contribution in [0.1, 0.15) is 147 Å². The normalized spacial score (nSPS) is 20.9. The number of fused-ring (bicyclic) bond motifs is 9. The van der Waals surface area contributed by atoms with E-state index in [0.29, 0.717) is 71.0 Å². The Labute approximate surface area is 403 Å². The van der Waals surface area contributed by atoms with Crippen molar-refractivity contribution in [3.05, 3.63) is 75.4 Å². The van der Waals surface area contributed by atoms with Gasteiger partial charge in [-0.2, -0.15) is 11.8 Å². The second kappa shape index (κ2) is 22.9. The van der Waals surface area contributed by atoms with E-state index in [1.807, 2.05) is 36.9 Å². The first kappa shape index (κ1) is 50.6. The number of allylic oxidation sites excluding steroid dienone is 1. The van der Waals surface area contributed by atoms with E-state index >= 15 is 0 Å². The molecule has 4 aliphatic rings. The summed E-state index contributed by atoms with van der Waals surface area (Å²) in [7, 11) is 2.71. The molecule has 0 radical (unpaired) electrons. The predicted octanol–water partition coefficient (Wildman–Crippen LogP) is 7.30. The van der Waals surface area contributed by atoms with Crippen molar-refractivity contribution in [1.29, 1.82) is 0 Å². The summed E-state index contributed by atoms with van der Waals surface area (Å²) >= 11 is 1.94. The third-order valence-corrected chi connectivity index (χ3v) is 15.8. The standard InChI is InChI=1S/C52H70N8O7S/c1-9-32-28(3)36-24-38-30(5)34(19-20-45(62)66-7)48(57-38)35(23-46(63)67-8)49-47(31(6)39(58-49)26-41-33(10-2)29(4)37(56-41)25-40(32)55-36)51(64)54-22-16-12-11-15-21-53-44(61)18-14-13-17-43-50-42(27-68-43)59-52(65)60-50/h9,24-26,30,34,42-43,50,52,55-56,59-60,65H,1,10-23,27H2,2-8H3,(H,53,61)(H,54,64)/t30-,34-,42?,43-,50?,52?/m0/s1. The Morgan fingerprint density at radius 1 is 0.838 bits per heavy atom. The van der Waals surface area contributed by atoms with Crippen LogP contribution >= 0.6 is 11.8 Å². The maximum Gasteiger partial charge on any atom is 0.310 e. The van der Waals surface area contributed by atoms with Gasteiger partial charge in [0.2, 0.25) is 5.91 Å². The van der Waals surface area contributed by atoms with Crippen molar-refractivity contribution < 1.29 is 33.8 Å². The van der Waals surface area contributed by atoms with E-state index < -0.39 is 12.3 Å². The van der Waals surface area contributed by atoms with Gasteiger partial charge in [-0.05, 0) is 99.8 Å². The van der Waals surface area contributed by atoms with Crippen LogP contribution in [0.2, 0.25) is 0 Å². The molecule has 3 aromatic rings. The van der Waals surface area contributed by atoms with E-state index in [1.54, 1.807) is 0 Å². The summed E-state index contributed by atoms with van der Waals surface area (Å²) in [4.78, 5) is 70.9. The Balaban J connectivity index is 1.12. The van der Waals surface area contributed by atoms with Gasteiger partial charge in [0, 0.05) is 99.7 Å². The van der Waals surface area contributed by atoms with Crippen LogP contribution in [-0.2, 0) is 41.5 Å². The lowest BCUT2D eigenvalue weighted by Crippen LogP contribution is -2.38. The number of amides is 2. The topological polar surface area (TPSA) is 212 Å². The number of aryl methyl sites for hydroxylation is 3. The number of unbranched alkanes of at least 4 members (excludes halogenated alkanes) is 4. The molecule has 7 N–H and O–H groups in total. The molecule has 15 nitrogen and oxygen atoms in total. The highest BCUT2D eigenvalue weighted by atomic mass is 32.2. The van der Waals surface area contributed by atoms with Crippen LogP contribution in [0.25, 0.3) is 39.3 Å². The lowest BCUT2D eigenvalue weighted by Gasteiger charge is -2.18. The lowest BCUT2D eigenvalue weighted by atomic mass is 9.84. The van der Waals surface area contributed by atoms with Crippen LogP contribution in [0.5, 0.6) is 0 Å².